The monoisotopic (exact) mass is 232 g/mol. The molecule has 1 aromatic heterocycles. The number of non-ortho nitro benzene ring substituents is 1. The van der Waals surface area contributed by atoms with Crippen LogP contribution in [-0.4, -0.2) is 19.9 Å². The van der Waals surface area contributed by atoms with Crippen LogP contribution in [0.4, 0.5) is 5.69 Å². The minimum absolute atomic E-state index is 0.116. The normalized spacial score (nSPS) is 10.4. The second kappa shape index (κ2) is 4.73. The van der Waals surface area contributed by atoms with E-state index in [2.05, 4.69) is 10.3 Å². The smallest absolute Gasteiger partial charge is 0.258 e. The zero-order chi connectivity index (χ0) is 12.3. The van der Waals surface area contributed by atoms with Crippen LogP contribution in [0.1, 0.15) is 11.3 Å². The molecule has 0 saturated carbocycles. The van der Waals surface area contributed by atoms with Crippen LogP contribution < -0.4 is 0 Å². The van der Waals surface area contributed by atoms with E-state index >= 15 is 0 Å². The first-order valence-corrected chi connectivity index (χ1v) is 5.25. The van der Waals surface area contributed by atoms with Crippen molar-refractivity contribution in [1.82, 2.24) is 15.0 Å². The minimum Gasteiger partial charge on any atom is -0.258 e. The van der Waals surface area contributed by atoms with Crippen LogP contribution in [0, 0.1) is 17.0 Å². The summed E-state index contributed by atoms with van der Waals surface area (Å²) >= 11 is 0. The number of nitrogens with zero attached hydrogens (tertiary/aromatic N) is 4. The lowest BCUT2D eigenvalue weighted by Crippen LogP contribution is -2.02. The standard InChI is InChI=1S/C11H12N4O2/c1-9-8-14(13-12-9)7-6-10-2-4-11(5-3-10)15(16)17/h2-5,8H,6-7H2,1H3. The van der Waals surface area contributed by atoms with E-state index in [1.165, 1.54) is 12.1 Å². The first-order chi connectivity index (χ1) is 8.15. The van der Waals surface area contributed by atoms with Gasteiger partial charge in [-0.1, -0.05) is 17.3 Å². The highest BCUT2D eigenvalue weighted by atomic mass is 16.6. The van der Waals surface area contributed by atoms with Gasteiger partial charge < -0.3 is 0 Å². The Hall–Kier alpha value is -2.24. The van der Waals surface area contributed by atoms with E-state index in [1.54, 1.807) is 16.8 Å². The van der Waals surface area contributed by atoms with Crippen molar-refractivity contribution in [3.63, 3.8) is 0 Å². The Morgan fingerprint density at radius 3 is 2.59 bits per heavy atom. The predicted octanol–water partition coefficient (Wildman–Crippen LogP) is 1.74. The summed E-state index contributed by atoms with van der Waals surface area (Å²) in [6, 6.07) is 6.56. The molecule has 0 unspecified atom stereocenters. The summed E-state index contributed by atoms with van der Waals surface area (Å²) in [7, 11) is 0. The van der Waals surface area contributed by atoms with Crippen molar-refractivity contribution < 1.29 is 4.92 Å². The molecule has 0 aliphatic heterocycles. The highest BCUT2D eigenvalue weighted by Crippen LogP contribution is 2.12. The van der Waals surface area contributed by atoms with Crippen molar-refractivity contribution in [3.05, 3.63) is 51.8 Å². The Morgan fingerprint density at radius 1 is 1.35 bits per heavy atom. The number of rotatable bonds is 4. The highest BCUT2D eigenvalue weighted by molar-refractivity contribution is 5.32. The lowest BCUT2D eigenvalue weighted by Gasteiger charge is -2.00. The SMILES string of the molecule is Cc1cn(CCc2ccc([N+](=O)[O-])cc2)nn1. The summed E-state index contributed by atoms with van der Waals surface area (Å²) in [6.45, 7) is 2.61. The summed E-state index contributed by atoms with van der Waals surface area (Å²) in [4.78, 5) is 10.1. The Bertz CT molecular complexity index is 519. The Balaban J connectivity index is 1.97. The molecule has 0 bridgehead atoms. The number of aryl methyl sites for hydroxylation is 3. The lowest BCUT2D eigenvalue weighted by molar-refractivity contribution is -0.384. The van der Waals surface area contributed by atoms with Gasteiger partial charge in [0, 0.05) is 24.9 Å². The number of hydrogen-bond donors (Lipinski definition) is 0. The highest BCUT2D eigenvalue weighted by Gasteiger charge is 2.04. The lowest BCUT2D eigenvalue weighted by atomic mass is 10.1. The van der Waals surface area contributed by atoms with Gasteiger partial charge in [0.05, 0.1) is 10.6 Å². The zero-order valence-electron chi connectivity index (χ0n) is 9.41. The summed E-state index contributed by atoms with van der Waals surface area (Å²) in [5.41, 5.74) is 2.04. The van der Waals surface area contributed by atoms with Crippen LogP contribution in [0.25, 0.3) is 0 Å². The molecular weight excluding hydrogens is 220 g/mol. The second-order valence-corrected chi connectivity index (χ2v) is 3.80. The topological polar surface area (TPSA) is 73.8 Å². The molecule has 1 heterocycles. The summed E-state index contributed by atoms with van der Waals surface area (Å²) in [5, 5.41) is 18.3. The number of benzene rings is 1. The van der Waals surface area contributed by atoms with Gasteiger partial charge in [-0.25, -0.2) is 0 Å². The van der Waals surface area contributed by atoms with Crippen LogP contribution in [0.2, 0.25) is 0 Å². The number of hydrogen-bond acceptors (Lipinski definition) is 4. The molecule has 6 heteroatoms. The molecule has 0 N–H and O–H groups in total. The van der Waals surface area contributed by atoms with Gasteiger partial charge in [0.2, 0.25) is 0 Å². The summed E-state index contributed by atoms with van der Waals surface area (Å²) < 4.78 is 1.76. The second-order valence-electron chi connectivity index (χ2n) is 3.80. The fraction of sp³-hybridized carbons (Fsp3) is 0.273. The molecule has 0 aliphatic carbocycles. The minimum atomic E-state index is -0.398. The van der Waals surface area contributed by atoms with E-state index in [0.717, 1.165) is 24.2 Å². The largest absolute Gasteiger partial charge is 0.269 e. The van der Waals surface area contributed by atoms with Crippen molar-refractivity contribution in [2.75, 3.05) is 0 Å². The van der Waals surface area contributed by atoms with Gasteiger partial charge in [-0.15, -0.1) is 5.10 Å². The molecule has 88 valence electrons. The average molecular weight is 232 g/mol. The maximum Gasteiger partial charge on any atom is 0.269 e. The Labute approximate surface area is 98.0 Å². The van der Waals surface area contributed by atoms with Crippen molar-refractivity contribution in [2.24, 2.45) is 0 Å². The fourth-order valence-electron chi connectivity index (χ4n) is 1.53. The first-order valence-electron chi connectivity index (χ1n) is 5.25. The molecule has 0 fully saturated rings. The van der Waals surface area contributed by atoms with E-state index in [4.69, 9.17) is 0 Å². The van der Waals surface area contributed by atoms with Crippen LogP contribution >= 0.6 is 0 Å². The number of nitro groups is 1. The third-order valence-electron chi connectivity index (χ3n) is 2.43. The molecule has 1 aromatic carbocycles. The number of nitro benzene ring substituents is 1. The Morgan fingerprint density at radius 2 is 2.06 bits per heavy atom. The van der Waals surface area contributed by atoms with Gasteiger partial charge in [0.1, 0.15) is 0 Å². The third-order valence-corrected chi connectivity index (χ3v) is 2.43. The van der Waals surface area contributed by atoms with Gasteiger partial charge >= 0.3 is 0 Å². The molecule has 0 radical (unpaired) electrons. The molecule has 2 rings (SSSR count). The van der Waals surface area contributed by atoms with Crippen molar-refractivity contribution in [2.45, 2.75) is 19.9 Å². The van der Waals surface area contributed by atoms with Gasteiger partial charge in [0.15, 0.2) is 0 Å². The fourth-order valence-corrected chi connectivity index (χ4v) is 1.53. The summed E-state index contributed by atoms with van der Waals surface area (Å²) in [5.74, 6) is 0. The zero-order valence-corrected chi connectivity index (χ0v) is 9.41. The van der Waals surface area contributed by atoms with Crippen molar-refractivity contribution in [3.8, 4) is 0 Å². The van der Waals surface area contributed by atoms with E-state index < -0.39 is 4.92 Å². The molecule has 0 atom stereocenters. The molecule has 2 aromatic rings. The summed E-state index contributed by atoms with van der Waals surface area (Å²) in [6.07, 6.45) is 2.65. The van der Waals surface area contributed by atoms with Gasteiger partial charge in [-0.3, -0.25) is 14.8 Å². The third kappa shape index (κ3) is 2.87. The van der Waals surface area contributed by atoms with E-state index in [9.17, 15) is 10.1 Å². The first kappa shape index (κ1) is 11.3. The van der Waals surface area contributed by atoms with E-state index in [1.807, 2.05) is 13.1 Å². The van der Waals surface area contributed by atoms with E-state index in [0.29, 0.717) is 0 Å². The molecule has 0 aliphatic rings. The predicted molar refractivity (Wildman–Crippen MR) is 61.6 cm³/mol. The van der Waals surface area contributed by atoms with Crippen LogP contribution in [-0.2, 0) is 13.0 Å². The van der Waals surface area contributed by atoms with Crippen LogP contribution in [0.15, 0.2) is 30.5 Å². The molecule has 0 saturated heterocycles. The quantitative estimate of drug-likeness (QED) is 0.594. The van der Waals surface area contributed by atoms with Gasteiger partial charge in [-0.2, -0.15) is 0 Å². The average Bonchev–Trinajstić information content (AvgIpc) is 2.73. The van der Waals surface area contributed by atoms with Gasteiger partial charge in [-0.05, 0) is 18.9 Å². The van der Waals surface area contributed by atoms with Crippen LogP contribution in [0.3, 0.4) is 0 Å². The maximum absolute atomic E-state index is 10.5. The molecular formula is C11H12N4O2. The van der Waals surface area contributed by atoms with Gasteiger partial charge in [0.25, 0.3) is 5.69 Å². The molecule has 0 amide bonds. The molecule has 0 spiro atoms. The van der Waals surface area contributed by atoms with Crippen LogP contribution in [0.5, 0.6) is 0 Å². The van der Waals surface area contributed by atoms with E-state index in [-0.39, 0.29) is 5.69 Å². The maximum atomic E-state index is 10.5. The van der Waals surface area contributed by atoms with Crippen molar-refractivity contribution >= 4 is 5.69 Å². The number of aromatic nitrogens is 3. The Kier molecular flexibility index (Phi) is 3.13. The molecule has 17 heavy (non-hydrogen) atoms. The molecule has 6 nitrogen and oxygen atoms in total. The van der Waals surface area contributed by atoms with Crippen molar-refractivity contribution in [1.29, 1.82) is 0 Å².